The number of alkyl halides is 3. The van der Waals surface area contributed by atoms with E-state index in [-0.39, 0.29) is 16.3 Å². The number of carbonyl (C=O) groups is 1. The second-order valence-electron chi connectivity index (χ2n) is 7.43. The van der Waals surface area contributed by atoms with Crippen molar-refractivity contribution in [3.8, 4) is 17.0 Å². The average molecular weight is 504 g/mol. The van der Waals surface area contributed by atoms with Gasteiger partial charge in [0.15, 0.2) is 6.10 Å². The summed E-state index contributed by atoms with van der Waals surface area (Å²) in [5, 5.41) is 15.8. The first-order valence-corrected chi connectivity index (χ1v) is 10.2. The third-order valence-electron chi connectivity index (χ3n) is 4.90. The molecule has 34 heavy (non-hydrogen) atoms. The molecule has 0 fully saturated rings. The summed E-state index contributed by atoms with van der Waals surface area (Å²) in [6.07, 6.45) is -8.10. The van der Waals surface area contributed by atoms with Crippen LogP contribution in [-0.4, -0.2) is 33.1 Å². The molecule has 0 unspecified atom stereocenters. The van der Waals surface area contributed by atoms with Crippen LogP contribution in [0.3, 0.4) is 0 Å². The molecule has 0 aliphatic carbocycles. The van der Waals surface area contributed by atoms with E-state index in [2.05, 4.69) is 10.4 Å². The van der Waals surface area contributed by atoms with Gasteiger partial charge in [0.25, 0.3) is 5.91 Å². The zero-order valence-electron chi connectivity index (χ0n) is 18.0. The highest BCUT2D eigenvalue weighted by Crippen LogP contribution is 2.35. The van der Waals surface area contributed by atoms with Crippen molar-refractivity contribution in [1.82, 2.24) is 9.78 Å². The Morgan fingerprint density at radius 3 is 2.41 bits per heavy atom. The van der Waals surface area contributed by atoms with Gasteiger partial charge in [-0.1, -0.05) is 17.7 Å². The summed E-state index contributed by atoms with van der Waals surface area (Å²) in [5.41, 5.74) is -1.02. The minimum absolute atomic E-state index is 0.00971. The third kappa shape index (κ3) is 5.31. The molecule has 2 N–H and O–H groups in total. The molecule has 0 spiro atoms. The monoisotopic (exact) mass is 503 g/mol. The molecule has 12 heteroatoms. The Bertz CT molecular complexity index is 1210. The number of halogens is 6. The molecule has 3 aromatic rings. The number of aromatic nitrogens is 2. The summed E-state index contributed by atoms with van der Waals surface area (Å²) in [7, 11) is 1.49. The number of benzene rings is 2. The number of nitrogens with one attached hydrogen (secondary N) is 1. The van der Waals surface area contributed by atoms with Crippen LogP contribution in [0.25, 0.3) is 11.3 Å². The molecule has 0 saturated heterocycles. The number of carbonyl (C=O) groups excluding carboxylic acids is 1. The molecule has 1 amide bonds. The van der Waals surface area contributed by atoms with Gasteiger partial charge in [0.1, 0.15) is 17.4 Å². The van der Waals surface area contributed by atoms with Gasteiger partial charge in [-0.05, 0) is 44.2 Å². The average Bonchev–Trinajstić information content (AvgIpc) is 3.12. The standard InChI is InChI=1S/C22H19ClF5N3O3/c1-10(32)18-9-17(30-31(18)3)12-8-19(34-11(2)22(26,27)28)13(7-16(12)25)21(33)29-20-14(23)5-4-6-15(20)24/h4-11,32H,1-3H3,(H,29,33)/t10-,11-/m0/s1. The van der Waals surface area contributed by atoms with Gasteiger partial charge in [0.2, 0.25) is 0 Å². The zero-order valence-corrected chi connectivity index (χ0v) is 18.8. The van der Waals surface area contributed by atoms with Gasteiger partial charge in [0, 0.05) is 12.6 Å². The summed E-state index contributed by atoms with van der Waals surface area (Å²) in [6, 6.07) is 6.48. The topological polar surface area (TPSA) is 76.4 Å². The smallest absolute Gasteiger partial charge is 0.425 e. The summed E-state index contributed by atoms with van der Waals surface area (Å²) >= 11 is 5.88. The number of hydrogen-bond donors (Lipinski definition) is 2. The molecule has 0 aliphatic rings. The highest BCUT2D eigenvalue weighted by molar-refractivity contribution is 6.34. The summed E-state index contributed by atoms with van der Waals surface area (Å²) in [5.74, 6) is -3.67. The van der Waals surface area contributed by atoms with Crippen LogP contribution in [0.4, 0.5) is 27.6 Å². The third-order valence-corrected chi connectivity index (χ3v) is 5.21. The number of anilines is 1. The van der Waals surface area contributed by atoms with Crippen LogP contribution >= 0.6 is 11.6 Å². The number of para-hydroxylation sites is 1. The van der Waals surface area contributed by atoms with Crippen molar-refractivity contribution in [3.05, 3.63) is 64.3 Å². The highest BCUT2D eigenvalue weighted by Gasteiger charge is 2.39. The van der Waals surface area contributed by atoms with Gasteiger partial charge in [-0.2, -0.15) is 18.3 Å². The number of aliphatic hydroxyl groups is 1. The van der Waals surface area contributed by atoms with Crippen molar-refractivity contribution in [3.63, 3.8) is 0 Å². The molecule has 6 nitrogen and oxygen atoms in total. The van der Waals surface area contributed by atoms with Gasteiger partial charge in [-0.25, -0.2) is 8.78 Å². The molecule has 0 aliphatic heterocycles. The largest absolute Gasteiger partial charge is 0.480 e. The molecule has 0 bridgehead atoms. The fourth-order valence-electron chi connectivity index (χ4n) is 3.08. The summed E-state index contributed by atoms with van der Waals surface area (Å²) in [4.78, 5) is 12.8. The Labute approximate surface area is 195 Å². The SMILES string of the molecule is C[C@H](O)c1cc(-c2cc(O[C@@H](C)C(F)(F)F)c(C(=O)Nc3c(F)cccc3Cl)cc2F)nn1C. The highest BCUT2D eigenvalue weighted by atomic mass is 35.5. The lowest BCUT2D eigenvalue weighted by atomic mass is 10.0. The Morgan fingerprint density at radius 1 is 1.18 bits per heavy atom. The molecule has 0 radical (unpaired) electrons. The first-order valence-electron chi connectivity index (χ1n) is 9.84. The van der Waals surface area contributed by atoms with E-state index in [9.17, 15) is 27.5 Å². The molecule has 0 saturated carbocycles. The first kappa shape index (κ1) is 25.4. The Hall–Kier alpha value is -3.18. The van der Waals surface area contributed by atoms with Crippen molar-refractivity contribution in [2.75, 3.05) is 5.32 Å². The van der Waals surface area contributed by atoms with Crippen LogP contribution in [0, 0.1) is 11.6 Å². The number of ether oxygens (including phenoxy) is 1. The fourth-order valence-corrected chi connectivity index (χ4v) is 3.29. The van der Waals surface area contributed by atoms with Gasteiger partial charge in [-0.15, -0.1) is 0 Å². The van der Waals surface area contributed by atoms with Crippen molar-refractivity contribution >= 4 is 23.2 Å². The maximum atomic E-state index is 15.0. The molecule has 182 valence electrons. The van der Waals surface area contributed by atoms with Crippen molar-refractivity contribution < 1.29 is 36.6 Å². The zero-order chi connectivity index (χ0) is 25.4. The van der Waals surface area contributed by atoms with E-state index < -0.39 is 52.9 Å². The number of nitrogens with zero attached hydrogens (tertiary/aromatic N) is 2. The molecule has 2 aromatic carbocycles. The second-order valence-corrected chi connectivity index (χ2v) is 7.84. The predicted molar refractivity (Wildman–Crippen MR) is 115 cm³/mol. The van der Waals surface area contributed by atoms with E-state index in [0.29, 0.717) is 18.7 Å². The number of aryl methyl sites for hydroxylation is 1. The number of amides is 1. The lowest BCUT2D eigenvalue weighted by Gasteiger charge is -2.20. The maximum absolute atomic E-state index is 15.0. The fraction of sp³-hybridized carbons (Fsp3) is 0.273. The Morgan fingerprint density at radius 2 is 1.85 bits per heavy atom. The van der Waals surface area contributed by atoms with Gasteiger partial charge in [-0.3, -0.25) is 9.48 Å². The van der Waals surface area contributed by atoms with Crippen LogP contribution in [0.2, 0.25) is 5.02 Å². The normalized spacial score (nSPS) is 13.5. The van der Waals surface area contributed by atoms with Gasteiger partial charge < -0.3 is 15.2 Å². The summed E-state index contributed by atoms with van der Waals surface area (Å²) < 4.78 is 74.8. The van der Waals surface area contributed by atoms with Crippen LogP contribution in [0.15, 0.2) is 36.4 Å². The van der Waals surface area contributed by atoms with Crippen LogP contribution in [0.5, 0.6) is 5.75 Å². The minimum atomic E-state index is -4.79. The molecule has 1 heterocycles. The second kappa shape index (κ2) is 9.59. The summed E-state index contributed by atoms with van der Waals surface area (Å²) in [6.45, 7) is 2.17. The van der Waals surface area contributed by atoms with E-state index in [1.807, 2.05) is 0 Å². The predicted octanol–water partition coefficient (Wildman–Crippen LogP) is 5.65. The quantitative estimate of drug-likeness (QED) is 0.426. The van der Waals surface area contributed by atoms with E-state index in [4.69, 9.17) is 16.3 Å². The van der Waals surface area contributed by atoms with Crippen LogP contribution in [0.1, 0.15) is 36.0 Å². The number of rotatable bonds is 6. The van der Waals surface area contributed by atoms with Crippen LogP contribution < -0.4 is 10.1 Å². The lowest BCUT2D eigenvalue weighted by Crippen LogP contribution is -2.32. The molecular weight excluding hydrogens is 485 g/mol. The number of aliphatic hydroxyl groups excluding tert-OH is 1. The first-order chi connectivity index (χ1) is 15.8. The molecule has 1 aromatic heterocycles. The van der Waals surface area contributed by atoms with Crippen molar-refractivity contribution in [2.45, 2.75) is 32.2 Å². The van der Waals surface area contributed by atoms with Crippen molar-refractivity contribution in [1.29, 1.82) is 0 Å². The Balaban J connectivity index is 2.10. The van der Waals surface area contributed by atoms with Gasteiger partial charge in [0.05, 0.1) is 33.8 Å². The van der Waals surface area contributed by atoms with E-state index >= 15 is 4.39 Å². The van der Waals surface area contributed by atoms with Crippen molar-refractivity contribution in [2.24, 2.45) is 7.05 Å². The Kier molecular flexibility index (Phi) is 7.18. The van der Waals surface area contributed by atoms with E-state index in [0.717, 1.165) is 12.1 Å². The maximum Gasteiger partial charge on any atom is 0.425 e. The number of hydrogen-bond acceptors (Lipinski definition) is 4. The molecule has 2 atom stereocenters. The molecular formula is C22H19ClF5N3O3. The van der Waals surface area contributed by atoms with E-state index in [1.165, 1.54) is 36.9 Å². The minimum Gasteiger partial charge on any atom is -0.480 e. The lowest BCUT2D eigenvalue weighted by molar-refractivity contribution is -0.189. The molecule has 3 rings (SSSR count). The van der Waals surface area contributed by atoms with Gasteiger partial charge >= 0.3 is 6.18 Å². The van der Waals surface area contributed by atoms with Crippen LogP contribution in [-0.2, 0) is 7.05 Å². The van der Waals surface area contributed by atoms with E-state index in [1.54, 1.807) is 0 Å².